The number of nitrogens with one attached hydrogen (secondary N) is 1. The number of carbonyl (C=O) groups excluding carboxylic acids is 1. The van der Waals surface area contributed by atoms with E-state index in [9.17, 15) is 21.6 Å². The fourth-order valence-electron chi connectivity index (χ4n) is 3.10. The van der Waals surface area contributed by atoms with Crippen LogP contribution in [-0.4, -0.2) is 28.5 Å². The summed E-state index contributed by atoms with van der Waals surface area (Å²) in [5.41, 5.74) is 1.11. The SMILES string of the molecule is Cc1cc(N2C(=O)CCS2(=O)=O)cc(C)c1S(=O)(=O)Nc1cccc(Cl)c1. The molecule has 0 aliphatic carbocycles. The van der Waals surface area contributed by atoms with E-state index in [4.69, 9.17) is 11.6 Å². The van der Waals surface area contributed by atoms with Gasteiger partial charge in [-0.25, -0.2) is 21.1 Å². The van der Waals surface area contributed by atoms with E-state index in [0.717, 1.165) is 4.31 Å². The van der Waals surface area contributed by atoms with Crippen molar-refractivity contribution in [3.05, 3.63) is 52.5 Å². The van der Waals surface area contributed by atoms with E-state index in [1.165, 1.54) is 18.2 Å². The minimum absolute atomic E-state index is 0.0234. The summed E-state index contributed by atoms with van der Waals surface area (Å²) < 4.78 is 53.1. The van der Waals surface area contributed by atoms with Crippen LogP contribution in [0.15, 0.2) is 41.3 Å². The van der Waals surface area contributed by atoms with Crippen LogP contribution in [0.5, 0.6) is 0 Å². The van der Waals surface area contributed by atoms with E-state index in [1.54, 1.807) is 32.0 Å². The molecule has 2 aromatic rings. The van der Waals surface area contributed by atoms with Crippen molar-refractivity contribution in [3.8, 4) is 0 Å². The molecule has 3 rings (SSSR count). The van der Waals surface area contributed by atoms with Gasteiger partial charge in [0.25, 0.3) is 10.0 Å². The molecular formula is C17H17ClN2O5S2. The number of halogens is 1. The highest BCUT2D eigenvalue weighted by atomic mass is 35.5. The van der Waals surface area contributed by atoms with Gasteiger partial charge in [0.15, 0.2) is 0 Å². The lowest BCUT2D eigenvalue weighted by molar-refractivity contribution is -0.116. The van der Waals surface area contributed by atoms with Crippen molar-refractivity contribution in [2.45, 2.75) is 25.2 Å². The molecule has 144 valence electrons. The van der Waals surface area contributed by atoms with E-state index >= 15 is 0 Å². The fraction of sp³-hybridized carbons (Fsp3) is 0.235. The van der Waals surface area contributed by atoms with Gasteiger partial charge in [0.1, 0.15) is 0 Å². The summed E-state index contributed by atoms with van der Waals surface area (Å²) in [6.45, 7) is 3.10. The molecule has 1 aliphatic heterocycles. The Kier molecular flexibility index (Phi) is 4.96. The number of aryl methyl sites for hydroxylation is 2. The van der Waals surface area contributed by atoms with Crippen LogP contribution in [0, 0.1) is 13.8 Å². The smallest absolute Gasteiger partial charge is 0.262 e. The molecule has 1 N–H and O–H groups in total. The first-order valence-corrected chi connectivity index (χ1v) is 11.4. The van der Waals surface area contributed by atoms with E-state index in [0.29, 0.717) is 21.8 Å². The number of anilines is 2. The Hall–Kier alpha value is -2.10. The molecule has 1 aliphatic rings. The molecule has 7 nitrogen and oxygen atoms in total. The molecule has 0 spiro atoms. The van der Waals surface area contributed by atoms with Crippen LogP contribution < -0.4 is 9.03 Å². The molecule has 0 atom stereocenters. The number of hydrogen-bond donors (Lipinski definition) is 1. The molecular weight excluding hydrogens is 412 g/mol. The van der Waals surface area contributed by atoms with Crippen LogP contribution in [0.2, 0.25) is 5.02 Å². The molecule has 10 heteroatoms. The summed E-state index contributed by atoms with van der Waals surface area (Å²) in [6.07, 6.45) is -0.0865. The van der Waals surface area contributed by atoms with Crippen molar-refractivity contribution in [2.75, 3.05) is 14.8 Å². The number of carbonyl (C=O) groups is 1. The van der Waals surface area contributed by atoms with E-state index in [2.05, 4.69) is 4.72 Å². The minimum Gasteiger partial charge on any atom is -0.280 e. The third-order valence-electron chi connectivity index (χ3n) is 4.10. The van der Waals surface area contributed by atoms with Gasteiger partial charge in [-0.05, 0) is 55.3 Å². The molecule has 1 saturated heterocycles. The van der Waals surface area contributed by atoms with Gasteiger partial charge < -0.3 is 0 Å². The van der Waals surface area contributed by atoms with Crippen LogP contribution in [-0.2, 0) is 24.8 Å². The molecule has 27 heavy (non-hydrogen) atoms. The first-order valence-electron chi connectivity index (χ1n) is 7.97. The maximum absolute atomic E-state index is 12.8. The minimum atomic E-state index is -3.94. The molecule has 2 aromatic carbocycles. The van der Waals surface area contributed by atoms with Gasteiger partial charge >= 0.3 is 0 Å². The predicted molar refractivity (Wildman–Crippen MR) is 104 cm³/mol. The van der Waals surface area contributed by atoms with Gasteiger partial charge in [-0.1, -0.05) is 17.7 Å². The molecule has 0 radical (unpaired) electrons. The summed E-state index contributed by atoms with van der Waals surface area (Å²) in [5, 5.41) is 0.386. The maximum Gasteiger partial charge on any atom is 0.262 e. The van der Waals surface area contributed by atoms with Gasteiger partial charge in [-0.15, -0.1) is 0 Å². The van der Waals surface area contributed by atoms with Crippen molar-refractivity contribution < 1.29 is 21.6 Å². The summed E-state index contributed by atoms with van der Waals surface area (Å²) in [4.78, 5) is 12.0. The van der Waals surface area contributed by atoms with E-state index < -0.39 is 26.0 Å². The third kappa shape index (κ3) is 3.80. The van der Waals surface area contributed by atoms with Gasteiger partial charge in [0.05, 0.1) is 22.0 Å². The van der Waals surface area contributed by atoms with Crippen LogP contribution in [0.3, 0.4) is 0 Å². The molecule has 0 unspecified atom stereocenters. The summed E-state index contributed by atoms with van der Waals surface area (Å²) in [7, 11) is -7.66. The Balaban J connectivity index is 2.04. The maximum atomic E-state index is 12.8. The number of hydrogen-bond acceptors (Lipinski definition) is 5. The second-order valence-corrected chi connectivity index (χ2v) is 10.2. The van der Waals surface area contributed by atoms with Gasteiger partial charge in [0, 0.05) is 11.4 Å². The molecule has 0 aromatic heterocycles. The van der Waals surface area contributed by atoms with Crippen LogP contribution in [0.4, 0.5) is 11.4 Å². The number of nitrogens with zero attached hydrogens (tertiary/aromatic N) is 1. The van der Waals surface area contributed by atoms with Crippen molar-refractivity contribution in [2.24, 2.45) is 0 Å². The average Bonchev–Trinajstić information content (AvgIpc) is 2.78. The van der Waals surface area contributed by atoms with Crippen LogP contribution >= 0.6 is 11.6 Å². The molecule has 1 heterocycles. The van der Waals surface area contributed by atoms with Gasteiger partial charge in [-0.2, -0.15) is 0 Å². The van der Waals surface area contributed by atoms with Gasteiger partial charge in [-0.3, -0.25) is 9.52 Å². The lowest BCUT2D eigenvalue weighted by Crippen LogP contribution is -2.29. The fourth-order valence-corrected chi connectivity index (χ4v) is 6.23. The van der Waals surface area contributed by atoms with Crippen molar-refractivity contribution >= 4 is 48.9 Å². The van der Waals surface area contributed by atoms with E-state index in [-0.39, 0.29) is 22.8 Å². The second-order valence-electron chi connectivity index (χ2n) is 6.25. The normalized spacial score (nSPS) is 16.6. The van der Waals surface area contributed by atoms with E-state index in [1.807, 2.05) is 0 Å². The van der Waals surface area contributed by atoms with Crippen molar-refractivity contribution in [1.82, 2.24) is 0 Å². The molecule has 1 amide bonds. The highest BCUT2D eigenvalue weighted by molar-refractivity contribution is 7.94. The quantitative estimate of drug-likeness (QED) is 0.806. The average molecular weight is 429 g/mol. The third-order valence-corrected chi connectivity index (χ3v) is 7.72. The molecule has 0 saturated carbocycles. The van der Waals surface area contributed by atoms with Crippen LogP contribution in [0.1, 0.15) is 17.5 Å². The Morgan fingerprint density at radius 3 is 2.26 bits per heavy atom. The van der Waals surface area contributed by atoms with Crippen molar-refractivity contribution in [1.29, 1.82) is 0 Å². The zero-order chi connectivity index (χ0) is 20.0. The Morgan fingerprint density at radius 2 is 1.74 bits per heavy atom. The zero-order valence-electron chi connectivity index (χ0n) is 14.6. The lowest BCUT2D eigenvalue weighted by atomic mass is 10.1. The topological polar surface area (TPSA) is 101 Å². The first-order chi connectivity index (χ1) is 12.5. The zero-order valence-corrected chi connectivity index (χ0v) is 17.0. The van der Waals surface area contributed by atoms with Crippen molar-refractivity contribution in [3.63, 3.8) is 0 Å². The Bertz CT molecular complexity index is 1120. The predicted octanol–water partition coefficient (Wildman–Crippen LogP) is 2.82. The molecule has 1 fully saturated rings. The van der Waals surface area contributed by atoms with Gasteiger partial charge in [0.2, 0.25) is 15.9 Å². The highest BCUT2D eigenvalue weighted by Crippen LogP contribution is 2.32. The Labute approximate surface area is 163 Å². The van der Waals surface area contributed by atoms with Crippen LogP contribution in [0.25, 0.3) is 0 Å². The number of amides is 1. The number of sulfonamides is 2. The monoisotopic (exact) mass is 428 g/mol. The number of rotatable bonds is 4. The lowest BCUT2D eigenvalue weighted by Gasteiger charge is -2.19. The molecule has 0 bridgehead atoms. The second kappa shape index (κ2) is 6.81. The Morgan fingerprint density at radius 1 is 1.11 bits per heavy atom. The number of benzene rings is 2. The standard InChI is InChI=1S/C17H17ClN2O5S2/c1-11-8-15(20-16(21)6-7-26(20,22)23)9-12(2)17(11)27(24,25)19-14-5-3-4-13(18)10-14/h3-5,8-10,19H,6-7H2,1-2H3. The highest BCUT2D eigenvalue weighted by Gasteiger charge is 2.37. The summed E-state index contributed by atoms with van der Waals surface area (Å²) >= 11 is 5.89. The summed E-state index contributed by atoms with van der Waals surface area (Å²) in [5.74, 6) is -0.776. The summed E-state index contributed by atoms with van der Waals surface area (Å²) in [6, 6.07) is 9.07. The first kappa shape index (κ1) is 19.7. The largest absolute Gasteiger partial charge is 0.280 e.